The zero-order valence-electron chi connectivity index (χ0n) is 11.4. The second-order valence-electron chi connectivity index (χ2n) is 4.34. The number of aromatic nitrogens is 3. The van der Waals surface area contributed by atoms with Gasteiger partial charge in [-0.3, -0.25) is 4.68 Å². The van der Waals surface area contributed by atoms with Gasteiger partial charge in [-0.25, -0.2) is 18.1 Å². The van der Waals surface area contributed by atoms with E-state index in [4.69, 9.17) is 4.42 Å². The molecule has 8 nitrogen and oxygen atoms in total. The van der Waals surface area contributed by atoms with Gasteiger partial charge in [-0.15, -0.1) is 0 Å². The van der Waals surface area contributed by atoms with Gasteiger partial charge in [0.15, 0.2) is 5.82 Å². The predicted molar refractivity (Wildman–Crippen MR) is 69.1 cm³/mol. The summed E-state index contributed by atoms with van der Waals surface area (Å²) in [6, 6.07) is 0. The Kier molecular flexibility index (Phi) is 3.93. The van der Waals surface area contributed by atoms with Crippen LogP contribution in [0.3, 0.4) is 0 Å². The molecule has 0 radical (unpaired) electrons. The number of aliphatic hydroxyl groups excluding tert-OH is 1. The molecule has 0 atom stereocenters. The van der Waals surface area contributed by atoms with E-state index >= 15 is 0 Å². The van der Waals surface area contributed by atoms with E-state index in [1.807, 2.05) is 0 Å². The summed E-state index contributed by atoms with van der Waals surface area (Å²) in [7, 11) is -2.10. The Balaban J connectivity index is 2.27. The Hall–Kier alpha value is -1.71. The van der Waals surface area contributed by atoms with Crippen LogP contribution in [0.4, 0.5) is 0 Å². The molecular weight excluding hydrogens is 284 g/mol. The van der Waals surface area contributed by atoms with Crippen molar-refractivity contribution in [3.05, 3.63) is 29.2 Å². The van der Waals surface area contributed by atoms with Crippen LogP contribution in [0.25, 0.3) is 0 Å². The van der Waals surface area contributed by atoms with Crippen LogP contribution in [0.2, 0.25) is 0 Å². The number of nitrogens with one attached hydrogen (secondary N) is 1. The van der Waals surface area contributed by atoms with Gasteiger partial charge in [0, 0.05) is 12.6 Å². The number of aryl methyl sites for hydroxylation is 3. The molecule has 0 aliphatic heterocycles. The Morgan fingerprint density at radius 1 is 1.40 bits per heavy atom. The molecule has 2 aromatic heterocycles. The number of rotatable bonds is 5. The minimum Gasteiger partial charge on any atom is -0.465 e. The van der Waals surface area contributed by atoms with E-state index in [1.54, 1.807) is 20.9 Å². The summed E-state index contributed by atoms with van der Waals surface area (Å²) >= 11 is 0. The first kappa shape index (κ1) is 14.7. The number of hydrogen-bond acceptors (Lipinski definition) is 6. The molecule has 0 fully saturated rings. The summed E-state index contributed by atoms with van der Waals surface area (Å²) in [5, 5.41) is 13.3. The largest absolute Gasteiger partial charge is 0.465 e. The lowest BCUT2D eigenvalue weighted by Gasteiger charge is -2.05. The monoisotopic (exact) mass is 300 g/mol. The smallest absolute Gasteiger partial charge is 0.244 e. The Bertz CT molecular complexity index is 717. The first-order valence-electron chi connectivity index (χ1n) is 5.89. The fourth-order valence-electron chi connectivity index (χ4n) is 1.94. The van der Waals surface area contributed by atoms with E-state index in [-0.39, 0.29) is 22.8 Å². The topological polar surface area (TPSA) is 110 Å². The van der Waals surface area contributed by atoms with Gasteiger partial charge in [0.05, 0.1) is 13.2 Å². The van der Waals surface area contributed by atoms with E-state index in [1.165, 1.54) is 11.0 Å². The first-order chi connectivity index (χ1) is 9.35. The van der Waals surface area contributed by atoms with Crippen LogP contribution >= 0.6 is 0 Å². The van der Waals surface area contributed by atoms with Crippen LogP contribution in [0, 0.1) is 13.8 Å². The molecule has 9 heteroatoms. The summed E-state index contributed by atoms with van der Waals surface area (Å²) in [6.45, 7) is 2.72. The van der Waals surface area contributed by atoms with E-state index in [0.717, 1.165) is 0 Å². The molecular formula is C11H16N4O4S. The maximum absolute atomic E-state index is 12.3. The molecule has 2 rings (SSSR count). The van der Waals surface area contributed by atoms with Crippen molar-refractivity contribution in [2.45, 2.75) is 31.9 Å². The van der Waals surface area contributed by atoms with Crippen LogP contribution < -0.4 is 4.72 Å². The molecule has 0 aromatic carbocycles. The van der Waals surface area contributed by atoms with Crippen molar-refractivity contribution in [1.29, 1.82) is 0 Å². The Morgan fingerprint density at radius 2 is 2.10 bits per heavy atom. The molecule has 20 heavy (non-hydrogen) atoms. The van der Waals surface area contributed by atoms with Crippen LogP contribution in [0.5, 0.6) is 0 Å². The number of hydrogen-bond donors (Lipinski definition) is 2. The van der Waals surface area contributed by atoms with Gasteiger partial charge in [-0.05, 0) is 13.8 Å². The molecule has 0 aliphatic rings. The van der Waals surface area contributed by atoms with Gasteiger partial charge < -0.3 is 9.52 Å². The Morgan fingerprint density at radius 3 is 2.65 bits per heavy atom. The summed E-state index contributed by atoms with van der Waals surface area (Å²) in [5.74, 6) is 0.994. The average Bonchev–Trinajstić information content (AvgIpc) is 2.90. The number of nitrogens with zero attached hydrogens (tertiary/aromatic N) is 3. The average molecular weight is 300 g/mol. The molecule has 0 unspecified atom stereocenters. The van der Waals surface area contributed by atoms with E-state index in [2.05, 4.69) is 14.8 Å². The van der Waals surface area contributed by atoms with Gasteiger partial charge >= 0.3 is 0 Å². The van der Waals surface area contributed by atoms with E-state index in [9.17, 15) is 13.5 Å². The third-order valence-corrected chi connectivity index (χ3v) is 4.41. The van der Waals surface area contributed by atoms with Gasteiger partial charge in [0.2, 0.25) is 10.0 Å². The van der Waals surface area contributed by atoms with E-state index < -0.39 is 16.6 Å². The highest BCUT2D eigenvalue weighted by Gasteiger charge is 2.26. The van der Waals surface area contributed by atoms with Crippen molar-refractivity contribution >= 4 is 10.0 Å². The second kappa shape index (κ2) is 5.35. The van der Waals surface area contributed by atoms with Crippen molar-refractivity contribution in [2.75, 3.05) is 0 Å². The van der Waals surface area contributed by atoms with Gasteiger partial charge in [0.25, 0.3) is 0 Å². The molecule has 0 saturated heterocycles. The predicted octanol–water partition coefficient (Wildman–Crippen LogP) is -0.00426. The zero-order valence-corrected chi connectivity index (χ0v) is 12.2. The van der Waals surface area contributed by atoms with Gasteiger partial charge in [-0.2, -0.15) is 5.10 Å². The van der Waals surface area contributed by atoms with Crippen molar-refractivity contribution < 1.29 is 17.9 Å². The third kappa shape index (κ3) is 2.74. The maximum atomic E-state index is 12.3. The van der Waals surface area contributed by atoms with Crippen LogP contribution in [0.15, 0.2) is 15.6 Å². The van der Waals surface area contributed by atoms with Crippen molar-refractivity contribution in [1.82, 2.24) is 19.5 Å². The molecule has 110 valence electrons. The third-order valence-electron chi connectivity index (χ3n) is 2.82. The van der Waals surface area contributed by atoms with E-state index in [0.29, 0.717) is 11.6 Å². The lowest BCUT2D eigenvalue weighted by Crippen LogP contribution is -2.25. The highest BCUT2D eigenvalue weighted by Crippen LogP contribution is 2.26. The van der Waals surface area contributed by atoms with Crippen LogP contribution in [-0.2, 0) is 30.2 Å². The summed E-state index contributed by atoms with van der Waals surface area (Å²) in [4.78, 5) is 3.91. The minimum absolute atomic E-state index is 0.0200. The normalized spacial score (nSPS) is 12.0. The molecule has 2 aromatic rings. The van der Waals surface area contributed by atoms with Crippen molar-refractivity contribution in [3.63, 3.8) is 0 Å². The first-order valence-corrected chi connectivity index (χ1v) is 7.37. The standard InChI is InChI=1S/C11H16N4O4S/c1-7-9(5-16)11(8(2)19-7)20(17,18)13-4-10-12-6-15(3)14-10/h6,13,16H,4-5H2,1-3H3. The molecule has 0 amide bonds. The van der Waals surface area contributed by atoms with Gasteiger partial charge in [-0.1, -0.05) is 0 Å². The molecule has 0 spiro atoms. The van der Waals surface area contributed by atoms with Crippen LogP contribution in [-0.4, -0.2) is 28.3 Å². The fourth-order valence-corrected chi connectivity index (χ4v) is 3.36. The fraction of sp³-hybridized carbons (Fsp3) is 0.455. The van der Waals surface area contributed by atoms with Gasteiger partial charge in [0.1, 0.15) is 22.7 Å². The Labute approximate surface area is 116 Å². The minimum atomic E-state index is -3.79. The molecule has 2 N–H and O–H groups in total. The number of aliphatic hydroxyl groups is 1. The van der Waals surface area contributed by atoms with Crippen molar-refractivity contribution in [3.8, 4) is 0 Å². The molecule has 2 heterocycles. The lowest BCUT2D eigenvalue weighted by atomic mass is 10.2. The SMILES string of the molecule is Cc1oc(C)c(S(=O)(=O)NCc2ncn(C)n2)c1CO. The quantitative estimate of drug-likeness (QED) is 0.804. The summed E-state index contributed by atoms with van der Waals surface area (Å²) in [5.41, 5.74) is 0.268. The summed E-state index contributed by atoms with van der Waals surface area (Å²) < 4.78 is 33.7. The lowest BCUT2D eigenvalue weighted by molar-refractivity contribution is 0.276. The maximum Gasteiger partial charge on any atom is 0.244 e. The van der Waals surface area contributed by atoms with Crippen LogP contribution in [0.1, 0.15) is 22.9 Å². The highest BCUT2D eigenvalue weighted by atomic mass is 32.2. The molecule has 0 saturated carbocycles. The number of furan rings is 1. The molecule has 0 aliphatic carbocycles. The zero-order chi connectivity index (χ0) is 14.9. The van der Waals surface area contributed by atoms with Crippen molar-refractivity contribution in [2.24, 2.45) is 7.05 Å². The highest BCUT2D eigenvalue weighted by molar-refractivity contribution is 7.89. The molecule has 0 bridgehead atoms. The number of sulfonamides is 1. The summed E-state index contributed by atoms with van der Waals surface area (Å²) in [6.07, 6.45) is 1.48. The second-order valence-corrected chi connectivity index (χ2v) is 6.04.